The number of aryl methyl sites for hydroxylation is 1. The van der Waals surface area contributed by atoms with Gasteiger partial charge >= 0.3 is 0 Å². The maximum Gasteiger partial charge on any atom is 0.228 e. The first-order valence-corrected chi connectivity index (χ1v) is 8.90. The zero-order chi connectivity index (χ0) is 18.7. The fourth-order valence-corrected chi connectivity index (χ4v) is 3.01. The standard InChI is InChI=1S/C22H26N2O2/c1-15-16(2)24-26-21(15)23-14-19-7-5-6-8-20(19)18-11-9-17(10-12-18)13-22(3,4)25/h5-12,23,25H,13-14H2,1-4H3. The van der Waals surface area contributed by atoms with Gasteiger partial charge in [0.15, 0.2) is 0 Å². The second-order valence-corrected chi connectivity index (χ2v) is 7.42. The van der Waals surface area contributed by atoms with E-state index in [0.29, 0.717) is 13.0 Å². The Morgan fingerprint density at radius 1 is 1.04 bits per heavy atom. The molecular weight excluding hydrogens is 324 g/mol. The number of rotatable bonds is 6. The molecule has 26 heavy (non-hydrogen) atoms. The Bertz CT molecular complexity index is 874. The van der Waals surface area contributed by atoms with Gasteiger partial charge in [-0.2, -0.15) is 0 Å². The van der Waals surface area contributed by atoms with Gasteiger partial charge in [-0.05, 0) is 49.9 Å². The van der Waals surface area contributed by atoms with Crippen molar-refractivity contribution in [1.82, 2.24) is 5.16 Å². The van der Waals surface area contributed by atoms with Crippen LogP contribution in [0.5, 0.6) is 0 Å². The Morgan fingerprint density at radius 3 is 2.35 bits per heavy atom. The summed E-state index contributed by atoms with van der Waals surface area (Å²) in [4.78, 5) is 0. The van der Waals surface area contributed by atoms with Crippen LogP contribution in [0.4, 0.5) is 5.88 Å². The molecule has 0 fully saturated rings. The van der Waals surface area contributed by atoms with E-state index in [2.05, 4.69) is 46.9 Å². The van der Waals surface area contributed by atoms with Crippen LogP contribution < -0.4 is 5.32 Å². The first-order chi connectivity index (χ1) is 12.3. The van der Waals surface area contributed by atoms with Crippen LogP contribution in [-0.2, 0) is 13.0 Å². The SMILES string of the molecule is Cc1noc(NCc2ccccc2-c2ccc(CC(C)(C)O)cc2)c1C. The number of nitrogens with zero attached hydrogens (tertiary/aromatic N) is 1. The molecule has 0 atom stereocenters. The summed E-state index contributed by atoms with van der Waals surface area (Å²) in [6, 6.07) is 16.7. The van der Waals surface area contributed by atoms with Gasteiger partial charge in [-0.1, -0.05) is 53.7 Å². The van der Waals surface area contributed by atoms with Gasteiger partial charge < -0.3 is 14.9 Å². The van der Waals surface area contributed by atoms with E-state index in [1.54, 1.807) is 0 Å². The van der Waals surface area contributed by atoms with Crippen LogP contribution in [0.15, 0.2) is 53.1 Å². The number of nitrogens with one attached hydrogen (secondary N) is 1. The molecule has 0 spiro atoms. The molecule has 0 unspecified atom stereocenters. The van der Waals surface area contributed by atoms with Gasteiger partial charge in [0.25, 0.3) is 0 Å². The summed E-state index contributed by atoms with van der Waals surface area (Å²) in [6.07, 6.45) is 0.639. The predicted octanol–water partition coefficient (Wildman–Crippen LogP) is 4.88. The second kappa shape index (κ2) is 7.34. The van der Waals surface area contributed by atoms with Crippen LogP contribution in [0, 0.1) is 13.8 Å². The normalized spacial score (nSPS) is 11.6. The lowest BCUT2D eigenvalue weighted by molar-refractivity contribution is 0.0810. The van der Waals surface area contributed by atoms with Crippen molar-refractivity contribution < 1.29 is 9.63 Å². The topological polar surface area (TPSA) is 58.3 Å². The molecule has 0 amide bonds. The summed E-state index contributed by atoms with van der Waals surface area (Å²) in [5.41, 5.74) is 5.91. The molecule has 0 aliphatic rings. The van der Waals surface area contributed by atoms with E-state index in [1.807, 2.05) is 39.8 Å². The van der Waals surface area contributed by atoms with Crippen molar-refractivity contribution in [3.63, 3.8) is 0 Å². The number of benzene rings is 2. The van der Waals surface area contributed by atoms with Crippen molar-refractivity contribution in [2.24, 2.45) is 0 Å². The molecule has 0 saturated carbocycles. The third kappa shape index (κ3) is 4.33. The predicted molar refractivity (Wildman–Crippen MR) is 105 cm³/mol. The molecule has 0 aliphatic carbocycles. The molecule has 4 heteroatoms. The minimum atomic E-state index is -0.698. The van der Waals surface area contributed by atoms with Crippen molar-refractivity contribution in [2.75, 3.05) is 5.32 Å². The Balaban J connectivity index is 1.79. The van der Waals surface area contributed by atoms with Gasteiger partial charge in [0.2, 0.25) is 5.88 Å². The first-order valence-electron chi connectivity index (χ1n) is 8.90. The molecule has 0 bridgehead atoms. The number of aliphatic hydroxyl groups is 1. The fraction of sp³-hybridized carbons (Fsp3) is 0.318. The summed E-state index contributed by atoms with van der Waals surface area (Å²) in [6.45, 7) is 8.26. The largest absolute Gasteiger partial charge is 0.390 e. The molecule has 0 radical (unpaired) electrons. The molecule has 0 aliphatic heterocycles. The lowest BCUT2D eigenvalue weighted by atomic mass is 9.95. The molecule has 2 aromatic carbocycles. The maximum absolute atomic E-state index is 9.98. The fourth-order valence-electron chi connectivity index (χ4n) is 3.01. The van der Waals surface area contributed by atoms with Gasteiger partial charge in [-0.25, -0.2) is 0 Å². The zero-order valence-corrected chi connectivity index (χ0v) is 15.8. The summed E-state index contributed by atoms with van der Waals surface area (Å²) in [7, 11) is 0. The summed E-state index contributed by atoms with van der Waals surface area (Å²) in [5.74, 6) is 0.720. The van der Waals surface area contributed by atoms with Crippen LogP contribution in [0.2, 0.25) is 0 Å². The number of aromatic nitrogens is 1. The van der Waals surface area contributed by atoms with E-state index in [4.69, 9.17) is 4.52 Å². The average Bonchev–Trinajstić information content (AvgIpc) is 2.91. The van der Waals surface area contributed by atoms with Crippen LogP contribution in [0.3, 0.4) is 0 Å². The second-order valence-electron chi connectivity index (χ2n) is 7.42. The minimum absolute atomic E-state index is 0.639. The summed E-state index contributed by atoms with van der Waals surface area (Å²) in [5, 5.41) is 17.3. The Hall–Kier alpha value is -2.59. The molecule has 4 nitrogen and oxygen atoms in total. The van der Waals surface area contributed by atoms with Crippen molar-refractivity contribution in [1.29, 1.82) is 0 Å². The molecule has 3 aromatic rings. The third-order valence-corrected chi connectivity index (χ3v) is 4.52. The van der Waals surface area contributed by atoms with Crippen molar-refractivity contribution in [3.8, 4) is 11.1 Å². The highest BCUT2D eigenvalue weighted by atomic mass is 16.5. The van der Waals surface area contributed by atoms with E-state index in [9.17, 15) is 5.11 Å². The van der Waals surface area contributed by atoms with E-state index in [-0.39, 0.29) is 0 Å². The highest BCUT2D eigenvalue weighted by Crippen LogP contribution is 2.26. The van der Waals surface area contributed by atoms with Crippen molar-refractivity contribution in [2.45, 2.75) is 46.3 Å². The molecule has 1 aromatic heterocycles. The van der Waals surface area contributed by atoms with Gasteiger partial charge in [0.05, 0.1) is 11.3 Å². The number of hydrogen-bond donors (Lipinski definition) is 2. The van der Waals surface area contributed by atoms with Gasteiger partial charge in [-0.3, -0.25) is 0 Å². The average molecular weight is 350 g/mol. The Kier molecular flexibility index (Phi) is 5.14. The van der Waals surface area contributed by atoms with E-state index < -0.39 is 5.60 Å². The first kappa shape index (κ1) is 18.2. The summed E-state index contributed by atoms with van der Waals surface area (Å²) < 4.78 is 5.34. The Morgan fingerprint density at radius 2 is 1.73 bits per heavy atom. The molecule has 136 valence electrons. The quantitative estimate of drug-likeness (QED) is 0.665. The molecular formula is C22H26N2O2. The van der Waals surface area contributed by atoms with E-state index in [0.717, 1.165) is 28.3 Å². The third-order valence-electron chi connectivity index (χ3n) is 4.52. The van der Waals surface area contributed by atoms with Crippen molar-refractivity contribution in [3.05, 3.63) is 70.9 Å². The molecule has 3 rings (SSSR count). The number of anilines is 1. The van der Waals surface area contributed by atoms with Gasteiger partial charge in [0, 0.05) is 18.5 Å². The van der Waals surface area contributed by atoms with Crippen LogP contribution in [0.1, 0.15) is 36.2 Å². The lowest BCUT2D eigenvalue weighted by Crippen LogP contribution is -2.21. The van der Waals surface area contributed by atoms with Crippen molar-refractivity contribution >= 4 is 5.88 Å². The highest BCUT2D eigenvalue weighted by molar-refractivity contribution is 5.68. The lowest BCUT2D eigenvalue weighted by Gasteiger charge is -2.17. The monoisotopic (exact) mass is 350 g/mol. The van der Waals surface area contributed by atoms with Gasteiger partial charge in [0.1, 0.15) is 0 Å². The van der Waals surface area contributed by atoms with E-state index >= 15 is 0 Å². The molecule has 2 N–H and O–H groups in total. The maximum atomic E-state index is 9.98. The molecule has 1 heterocycles. The van der Waals surface area contributed by atoms with Gasteiger partial charge in [-0.15, -0.1) is 0 Å². The van der Waals surface area contributed by atoms with Crippen LogP contribution >= 0.6 is 0 Å². The van der Waals surface area contributed by atoms with E-state index in [1.165, 1.54) is 11.1 Å². The number of hydrogen-bond acceptors (Lipinski definition) is 4. The van der Waals surface area contributed by atoms with Crippen LogP contribution in [0.25, 0.3) is 11.1 Å². The zero-order valence-electron chi connectivity index (χ0n) is 15.8. The smallest absolute Gasteiger partial charge is 0.228 e. The van der Waals surface area contributed by atoms with Crippen LogP contribution in [-0.4, -0.2) is 15.9 Å². The Labute approximate surface area is 154 Å². The minimum Gasteiger partial charge on any atom is -0.390 e. The summed E-state index contributed by atoms with van der Waals surface area (Å²) >= 11 is 0. The highest BCUT2D eigenvalue weighted by Gasteiger charge is 2.14. The molecule has 0 saturated heterocycles.